The van der Waals surface area contributed by atoms with Gasteiger partial charge in [-0.05, 0) is 57.8 Å². The van der Waals surface area contributed by atoms with Crippen molar-refractivity contribution in [1.29, 1.82) is 0 Å². The lowest BCUT2D eigenvalue weighted by Crippen LogP contribution is -2.26. The standard InChI is InChI=1S/C35H58O4/c1-3-5-7-9-11-13-15-16-17-18-19-20-22-24-26-28-30-32-34(36)39-33(35(37)38)31-29-27-25-23-21-14-12-10-8-6-4-2/h5,7,11,13,16-17,19-20,24,26,33H,3-4,6,8-10,12,14-15,18,21-23,25,27-32H2,1-2H3,(H,37,38)/b7-5-,13-11-,17-16-,20-19-,26-24-. The van der Waals surface area contributed by atoms with Crippen molar-refractivity contribution in [1.82, 2.24) is 0 Å². The van der Waals surface area contributed by atoms with Crippen LogP contribution in [0.4, 0.5) is 0 Å². The highest BCUT2D eigenvalue weighted by molar-refractivity contribution is 5.77. The molecule has 0 saturated carbocycles. The monoisotopic (exact) mass is 542 g/mol. The molecule has 0 rings (SSSR count). The first-order chi connectivity index (χ1) is 19.1. The molecule has 0 aromatic carbocycles. The number of rotatable bonds is 27. The maximum atomic E-state index is 12.1. The number of carboxylic acids is 1. The van der Waals surface area contributed by atoms with Crippen LogP contribution in [0.3, 0.4) is 0 Å². The van der Waals surface area contributed by atoms with Gasteiger partial charge in [0.05, 0.1) is 0 Å². The van der Waals surface area contributed by atoms with Crippen molar-refractivity contribution >= 4 is 11.9 Å². The molecule has 4 nitrogen and oxygen atoms in total. The van der Waals surface area contributed by atoms with Gasteiger partial charge in [0, 0.05) is 6.42 Å². The molecule has 0 aliphatic heterocycles. The number of unbranched alkanes of at least 4 members (excludes halogenated alkanes) is 11. The summed E-state index contributed by atoms with van der Waals surface area (Å²) in [5.74, 6) is -1.44. The fourth-order valence-corrected chi connectivity index (χ4v) is 4.18. The van der Waals surface area contributed by atoms with Crippen LogP contribution in [0.15, 0.2) is 60.8 Å². The molecular weight excluding hydrogens is 484 g/mol. The van der Waals surface area contributed by atoms with Gasteiger partial charge < -0.3 is 9.84 Å². The van der Waals surface area contributed by atoms with E-state index in [2.05, 4.69) is 74.6 Å². The Balaban J connectivity index is 3.77. The van der Waals surface area contributed by atoms with Crippen LogP contribution in [0.5, 0.6) is 0 Å². The number of hydrogen-bond acceptors (Lipinski definition) is 3. The van der Waals surface area contributed by atoms with E-state index in [-0.39, 0.29) is 6.42 Å². The number of carboxylic acid groups (broad SMARTS) is 1. The zero-order chi connectivity index (χ0) is 28.7. The fourth-order valence-electron chi connectivity index (χ4n) is 4.18. The van der Waals surface area contributed by atoms with E-state index in [1.165, 1.54) is 51.4 Å². The van der Waals surface area contributed by atoms with Crippen LogP contribution < -0.4 is 0 Å². The number of esters is 1. The summed E-state index contributed by atoms with van der Waals surface area (Å²) in [6.07, 6.45) is 41.0. The minimum atomic E-state index is -1.03. The van der Waals surface area contributed by atoms with E-state index in [0.717, 1.165) is 57.8 Å². The van der Waals surface area contributed by atoms with Gasteiger partial charge in [-0.3, -0.25) is 4.79 Å². The Morgan fingerprint density at radius 3 is 1.49 bits per heavy atom. The fraction of sp³-hybridized carbons (Fsp3) is 0.657. The maximum absolute atomic E-state index is 12.1. The van der Waals surface area contributed by atoms with Gasteiger partial charge in [-0.25, -0.2) is 4.79 Å². The molecule has 1 atom stereocenters. The molecule has 1 N–H and O–H groups in total. The van der Waals surface area contributed by atoms with Crippen molar-refractivity contribution in [3.63, 3.8) is 0 Å². The zero-order valence-electron chi connectivity index (χ0n) is 25.2. The molecule has 39 heavy (non-hydrogen) atoms. The molecule has 0 saturated heterocycles. The van der Waals surface area contributed by atoms with Crippen LogP contribution in [0.1, 0.15) is 142 Å². The third-order valence-electron chi connectivity index (χ3n) is 6.53. The van der Waals surface area contributed by atoms with E-state index in [1.54, 1.807) is 0 Å². The lowest BCUT2D eigenvalue weighted by atomic mass is 10.0. The molecule has 0 radical (unpaired) electrons. The first-order valence-electron chi connectivity index (χ1n) is 15.8. The van der Waals surface area contributed by atoms with Crippen LogP contribution in [0.2, 0.25) is 0 Å². The largest absolute Gasteiger partial charge is 0.479 e. The Labute approximate surface area is 240 Å². The Morgan fingerprint density at radius 1 is 0.590 bits per heavy atom. The summed E-state index contributed by atoms with van der Waals surface area (Å²) in [5, 5.41) is 9.40. The van der Waals surface area contributed by atoms with Gasteiger partial charge >= 0.3 is 11.9 Å². The third-order valence-corrected chi connectivity index (χ3v) is 6.53. The topological polar surface area (TPSA) is 63.6 Å². The highest BCUT2D eigenvalue weighted by Crippen LogP contribution is 2.14. The Hall–Kier alpha value is -2.36. The van der Waals surface area contributed by atoms with E-state index >= 15 is 0 Å². The molecule has 0 spiro atoms. The second kappa shape index (κ2) is 30.2. The Morgan fingerprint density at radius 2 is 1.03 bits per heavy atom. The van der Waals surface area contributed by atoms with Crippen LogP contribution >= 0.6 is 0 Å². The van der Waals surface area contributed by atoms with Gasteiger partial charge in [0.1, 0.15) is 0 Å². The predicted octanol–water partition coefficient (Wildman–Crippen LogP) is 10.6. The lowest BCUT2D eigenvalue weighted by Gasteiger charge is -2.13. The summed E-state index contributed by atoms with van der Waals surface area (Å²) in [5.41, 5.74) is 0. The van der Waals surface area contributed by atoms with E-state index in [1.807, 2.05) is 0 Å². The number of ether oxygens (including phenoxy) is 1. The van der Waals surface area contributed by atoms with Gasteiger partial charge in [-0.2, -0.15) is 0 Å². The van der Waals surface area contributed by atoms with E-state index in [9.17, 15) is 14.7 Å². The minimum Gasteiger partial charge on any atom is -0.479 e. The molecule has 0 aliphatic rings. The summed E-state index contributed by atoms with van der Waals surface area (Å²) in [4.78, 5) is 23.6. The second-order valence-corrected chi connectivity index (χ2v) is 10.2. The van der Waals surface area contributed by atoms with Gasteiger partial charge in [0.2, 0.25) is 0 Å². The highest BCUT2D eigenvalue weighted by atomic mass is 16.6. The highest BCUT2D eigenvalue weighted by Gasteiger charge is 2.21. The molecule has 0 bridgehead atoms. The average Bonchev–Trinajstić information content (AvgIpc) is 2.92. The molecule has 0 amide bonds. The molecule has 0 fully saturated rings. The average molecular weight is 543 g/mol. The Kier molecular flexibility index (Phi) is 28.4. The summed E-state index contributed by atoms with van der Waals surface area (Å²) in [6, 6.07) is 0. The maximum Gasteiger partial charge on any atom is 0.345 e. The second-order valence-electron chi connectivity index (χ2n) is 10.2. The Bertz CT molecular complexity index is 714. The molecule has 1 unspecified atom stereocenters. The number of allylic oxidation sites excluding steroid dienone is 10. The van der Waals surface area contributed by atoms with Gasteiger partial charge in [-0.15, -0.1) is 0 Å². The molecule has 0 aliphatic carbocycles. The first-order valence-corrected chi connectivity index (χ1v) is 15.8. The number of carbonyl (C=O) groups is 2. The van der Waals surface area contributed by atoms with Gasteiger partial charge in [0.25, 0.3) is 0 Å². The van der Waals surface area contributed by atoms with Crippen LogP contribution in [-0.4, -0.2) is 23.1 Å². The number of carbonyl (C=O) groups excluding carboxylic acids is 1. The van der Waals surface area contributed by atoms with Crippen molar-refractivity contribution < 1.29 is 19.4 Å². The minimum absolute atomic E-state index is 0.260. The molecule has 0 aromatic heterocycles. The zero-order valence-corrected chi connectivity index (χ0v) is 25.2. The number of aliphatic carboxylic acids is 1. The third kappa shape index (κ3) is 28.5. The summed E-state index contributed by atoms with van der Waals surface area (Å²) >= 11 is 0. The van der Waals surface area contributed by atoms with Gasteiger partial charge in [-0.1, -0.05) is 139 Å². The number of hydrogen-bond donors (Lipinski definition) is 1. The van der Waals surface area contributed by atoms with Crippen molar-refractivity contribution in [2.45, 2.75) is 148 Å². The predicted molar refractivity (Wildman–Crippen MR) is 167 cm³/mol. The normalized spacial score (nSPS) is 13.1. The van der Waals surface area contributed by atoms with E-state index < -0.39 is 18.0 Å². The van der Waals surface area contributed by atoms with E-state index in [0.29, 0.717) is 12.8 Å². The molecule has 0 aromatic rings. The molecule has 4 heteroatoms. The SMILES string of the molecule is CC/C=C\C/C=C\C/C=C\C/C=C\C/C=C\CCCC(=O)OC(CCCCCCCCCCCCC)C(=O)O. The molecular formula is C35H58O4. The van der Waals surface area contributed by atoms with E-state index in [4.69, 9.17) is 4.74 Å². The van der Waals surface area contributed by atoms with Crippen molar-refractivity contribution in [2.24, 2.45) is 0 Å². The van der Waals surface area contributed by atoms with Crippen LogP contribution in [0, 0.1) is 0 Å². The molecule has 222 valence electrons. The van der Waals surface area contributed by atoms with Crippen molar-refractivity contribution in [3.8, 4) is 0 Å². The molecule has 0 heterocycles. The lowest BCUT2D eigenvalue weighted by molar-refractivity contribution is -0.164. The first kappa shape index (κ1) is 36.6. The summed E-state index contributed by atoms with van der Waals surface area (Å²) < 4.78 is 5.25. The quantitative estimate of drug-likeness (QED) is 0.0637. The van der Waals surface area contributed by atoms with Crippen molar-refractivity contribution in [3.05, 3.63) is 60.8 Å². The summed E-state index contributed by atoms with van der Waals surface area (Å²) in [7, 11) is 0. The van der Waals surface area contributed by atoms with Crippen LogP contribution in [-0.2, 0) is 14.3 Å². The van der Waals surface area contributed by atoms with Crippen molar-refractivity contribution in [2.75, 3.05) is 0 Å². The van der Waals surface area contributed by atoms with Crippen LogP contribution in [0.25, 0.3) is 0 Å². The smallest absolute Gasteiger partial charge is 0.345 e. The van der Waals surface area contributed by atoms with Gasteiger partial charge in [0.15, 0.2) is 6.10 Å². The summed E-state index contributed by atoms with van der Waals surface area (Å²) in [6.45, 7) is 4.38.